The van der Waals surface area contributed by atoms with Crippen LogP contribution in [0.3, 0.4) is 0 Å². The summed E-state index contributed by atoms with van der Waals surface area (Å²) in [6, 6.07) is 14.4. The van der Waals surface area contributed by atoms with E-state index in [0.29, 0.717) is 34.2 Å². The summed E-state index contributed by atoms with van der Waals surface area (Å²) in [4.78, 5) is 30.0. The standard InChI is InChI=1S/C21H22ClN3O3S/c1-14(12-28-2)25-20(27)16-8-4-6-10-18(16)24-21(25)29-13-19(26)23-11-15-7-3-5-9-17(15)22/h3-10,14H,11-13H2,1-2H3,(H,23,26)/t14-/m1/s1. The van der Waals surface area contributed by atoms with Crippen LogP contribution in [0.15, 0.2) is 58.5 Å². The van der Waals surface area contributed by atoms with Gasteiger partial charge in [0.1, 0.15) is 0 Å². The SMILES string of the molecule is COC[C@@H](C)n1c(SCC(=O)NCc2ccccc2Cl)nc2ccccc2c1=O. The average molecular weight is 432 g/mol. The number of para-hydroxylation sites is 1. The van der Waals surface area contributed by atoms with Crippen LogP contribution < -0.4 is 10.9 Å². The molecular weight excluding hydrogens is 410 g/mol. The van der Waals surface area contributed by atoms with Crippen LogP contribution in [0.25, 0.3) is 10.9 Å². The van der Waals surface area contributed by atoms with E-state index in [1.807, 2.05) is 37.3 Å². The molecule has 29 heavy (non-hydrogen) atoms. The van der Waals surface area contributed by atoms with Crippen molar-refractivity contribution in [2.75, 3.05) is 19.5 Å². The van der Waals surface area contributed by atoms with Crippen LogP contribution in [0.5, 0.6) is 0 Å². The Balaban J connectivity index is 1.78. The van der Waals surface area contributed by atoms with Crippen molar-refractivity contribution in [3.8, 4) is 0 Å². The quantitative estimate of drug-likeness (QED) is 0.435. The Morgan fingerprint density at radius 2 is 1.97 bits per heavy atom. The zero-order valence-corrected chi connectivity index (χ0v) is 17.8. The van der Waals surface area contributed by atoms with Gasteiger partial charge >= 0.3 is 0 Å². The minimum absolute atomic E-state index is 0.134. The zero-order chi connectivity index (χ0) is 20.8. The maximum Gasteiger partial charge on any atom is 0.262 e. The molecule has 0 radical (unpaired) electrons. The van der Waals surface area contributed by atoms with Gasteiger partial charge in [0.05, 0.1) is 29.3 Å². The smallest absolute Gasteiger partial charge is 0.262 e. The van der Waals surface area contributed by atoms with Crippen LogP contribution in [0.4, 0.5) is 0 Å². The van der Waals surface area contributed by atoms with Crippen LogP contribution in [0.2, 0.25) is 5.02 Å². The topological polar surface area (TPSA) is 73.2 Å². The number of fused-ring (bicyclic) bond motifs is 1. The summed E-state index contributed by atoms with van der Waals surface area (Å²) in [5.74, 6) is -0.0298. The highest BCUT2D eigenvalue weighted by Gasteiger charge is 2.17. The van der Waals surface area contributed by atoms with Crippen molar-refractivity contribution < 1.29 is 9.53 Å². The minimum Gasteiger partial charge on any atom is -0.383 e. The zero-order valence-electron chi connectivity index (χ0n) is 16.2. The molecule has 0 saturated heterocycles. The van der Waals surface area contributed by atoms with Gasteiger partial charge in [-0.1, -0.05) is 53.7 Å². The lowest BCUT2D eigenvalue weighted by Crippen LogP contribution is -2.29. The maximum atomic E-state index is 13.0. The van der Waals surface area contributed by atoms with E-state index in [9.17, 15) is 9.59 Å². The normalized spacial score (nSPS) is 12.1. The van der Waals surface area contributed by atoms with E-state index in [-0.39, 0.29) is 23.3 Å². The lowest BCUT2D eigenvalue weighted by molar-refractivity contribution is -0.118. The average Bonchev–Trinajstić information content (AvgIpc) is 2.72. The minimum atomic E-state index is -0.210. The van der Waals surface area contributed by atoms with Gasteiger partial charge in [-0.3, -0.25) is 14.2 Å². The number of hydrogen-bond donors (Lipinski definition) is 1. The van der Waals surface area contributed by atoms with Gasteiger partial charge in [-0.2, -0.15) is 0 Å². The molecule has 0 spiro atoms. The molecule has 2 aromatic carbocycles. The van der Waals surface area contributed by atoms with E-state index < -0.39 is 0 Å². The van der Waals surface area contributed by atoms with Crippen molar-refractivity contribution in [1.82, 2.24) is 14.9 Å². The predicted molar refractivity (Wildman–Crippen MR) is 117 cm³/mol. The maximum absolute atomic E-state index is 13.0. The molecule has 1 N–H and O–H groups in total. The van der Waals surface area contributed by atoms with Gasteiger partial charge in [-0.25, -0.2) is 4.98 Å². The van der Waals surface area contributed by atoms with Crippen molar-refractivity contribution in [2.24, 2.45) is 0 Å². The van der Waals surface area contributed by atoms with Gasteiger partial charge in [0, 0.05) is 18.7 Å². The number of aromatic nitrogens is 2. The summed E-state index contributed by atoms with van der Waals surface area (Å²) < 4.78 is 6.81. The molecule has 0 aliphatic carbocycles. The molecular formula is C21H22ClN3O3S. The first kappa shape index (κ1) is 21.4. The Morgan fingerprint density at radius 3 is 2.72 bits per heavy atom. The lowest BCUT2D eigenvalue weighted by Gasteiger charge is -2.18. The van der Waals surface area contributed by atoms with Crippen molar-refractivity contribution in [1.29, 1.82) is 0 Å². The van der Waals surface area contributed by atoms with Crippen LogP contribution in [0, 0.1) is 0 Å². The fourth-order valence-corrected chi connectivity index (χ4v) is 4.08. The van der Waals surface area contributed by atoms with E-state index in [2.05, 4.69) is 10.3 Å². The highest BCUT2D eigenvalue weighted by Crippen LogP contribution is 2.21. The second kappa shape index (κ2) is 9.91. The van der Waals surface area contributed by atoms with Gasteiger partial charge in [0.2, 0.25) is 5.91 Å². The monoisotopic (exact) mass is 431 g/mol. The van der Waals surface area contributed by atoms with Crippen LogP contribution >= 0.6 is 23.4 Å². The molecule has 152 valence electrons. The van der Waals surface area contributed by atoms with E-state index in [1.165, 1.54) is 11.8 Å². The van der Waals surface area contributed by atoms with Crippen molar-refractivity contribution in [3.63, 3.8) is 0 Å². The van der Waals surface area contributed by atoms with Gasteiger partial charge in [-0.15, -0.1) is 0 Å². The van der Waals surface area contributed by atoms with Crippen molar-refractivity contribution >= 4 is 40.2 Å². The first-order valence-electron chi connectivity index (χ1n) is 9.14. The second-order valence-corrected chi connectivity index (χ2v) is 7.90. The third kappa shape index (κ3) is 5.18. The largest absolute Gasteiger partial charge is 0.383 e. The molecule has 8 heteroatoms. The molecule has 1 atom stereocenters. The Kier molecular flexibility index (Phi) is 7.30. The van der Waals surface area contributed by atoms with Crippen LogP contribution in [-0.2, 0) is 16.1 Å². The number of carbonyl (C=O) groups excluding carboxylic acids is 1. The summed E-state index contributed by atoms with van der Waals surface area (Å²) in [6.45, 7) is 2.60. The molecule has 1 aromatic heterocycles. The van der Waals surface area contributed by atoms with Crippen LogP contribution in [-0.4, -0.2) is 34.9 Å². The number of methoxy groups -OCH3 is 1. The third-order valence-corrected chi connectivity index (χ3v) is 5.71. The summed E-state index contributed by atoms with van der Waals surface area (Å²) in [6.07, 6.45) is 0. The van der Waals surface area contributed by atoms with Gasteiger partial charge in [0.25, 0.3) is 5.56 Å². The fraction of sp³-hybridized carbons (Fsp3) is 0.286. The number of amides is 1. The predicted octanol–water partition coefficient (Wildman–Crippen LogP) is 3.67. The number of carbonyl (C=O) groups is 1. The first-order chi connectivity index (χ1) is 14.0. The Labute approximate surface area is 178 Å². The number of nitrogens with zero attached hydrogens (tertiary/aromatic N) is 2. The number of benzene rings is 2. The molecule has 0 aliphatic heterocycles. The molecule has 1 heterocycles. The lowest BCUT2D eigenvalue weighted by atomic mass is 10.2. The van der Waals surface area contributed by atoms with E-state index in [0.717, 1.165) is 5.56 Å². The Morgan fingerprint density at radius 1 is 1.24 bits per heavy atom. The number of nitrogens with one attached hydrogen (secondary N) is 1. The molecule has 0 bridgehead atoms. The van der Waals surface area contributed by atoms with Gasteiger partial charge < -0.3 is 10.1 Å². The number of halogens is 1. The van der Waals surface area contributed by atoms with Crippen molar-refractivity contribution in [3.05, 3.63) is 69.5 Å². The van der Waals surface area contributed by atoms with E-state index in [4.69, 9.17) is 16.3 Å². The molecule has 0 unspecified atom stereocenters. The Bertz CT molecular complexity index is 1070. The summed E-state index contributed by atoms with van der Waals surface area (Å²) in [5.41, 5.74) is 1.32. The second-order valence-electron chi connectivity index (χ2n) is 6.55. The number of ether oxygens (including phenoxy) is 1. The molecule has 3 rings (SSSR count). The number of rotatable bonds is 8. The van der Waals surface area contributed by atoms with Gasteiger partial charge in [-0.05, 0) is 30.7 Å². The highest BCUT2D eigenvalue weighted by molar-refractivity contribution is 7.99. The molecule has 0 saturated carbocycles. The van der Waals surface area contributed by atoms with Crippen molar-refractivity contribution in [2.45, 2.75) is 24.7 Å². The number of hydrogen-bond acceptors (Lipinski definition) is 5. The molecule has 3 aromatic rings. The molecule has 6 nitrogen and oxygen atoms in total. The van der Waals surface area contributed by atoms with Crippen LogP contribution in [0.1, 0.15) is 18.5 Å². The van der Waals surface area contributed by atoms with E-state index >= 15 is 0 Å². The molecule has 1 amide bonds. The fourth-order valence-electron chi connectivity index (χ4n) is 2.95. The summed E-state index contributed by atoms with van der Waals surface area (Å²) in [5, 5.41) is 4.50. The summed E-state index contributed by atoms with van der Waals surface area (Å²) in [7, 11) is 1.59. The van der Waals surface area contributed by atoms with Gasteiger partial charge in [0.15, 0.2) is 5.16 Å². The number of thioether (sulfide) groups is 1. The highest BCUT2D eigenvalue weighted by atomic mass is 35.5. The van der Waals surface area contributed by atoms with E-state index in [1.54, 1.807) is 29.9 Å². The molecule has 0 aliphatic rings. The third-order valence-electron chi connectivity index (χ3n) is 4.39. The summed E-state index contributed by atoms with van der Waals surface area (Å²) >= 11 is 7.35. The molecule has 0 fully saturated rings. The first-order valence-corrected chi connectivity index (χ1v) is 10.5. The Hall–Kier alpha value is -2.35.